The van der Waals surface area contributed by atoms with Gasteiger partial charge in [0.05, 0.1) is 0 Å². The zero-order valence-electron chi connectivity index (χ0n) is 17.1. The number of rotatable bonds is 2. The van der Waals surface area contributed by atoms with Crippen LogP contribution in [0.1, 0.15) is 29.0 Å². The molecule has 0 amide bonds. The summed E-state index contributed by atoms with van der Waals surface area (Å²) in [5, 5.41) is 2.34. The maximum absolute atomic E-state index is 13.2. The Kier molecular flexibility index (Phi) is 4.17. The lowest BCUT2D eigenvalue weighted by atomic mass is 9.75. The zero-order chi connectivity index (χ0) is 20.8. The highest BCUT2D eigenvalue weighted by Gasteiger charge is 2.29. The number of hydrogen-bond acceptors (Lipinski definition) is 2. The van der Waals surface area contributed by atoms with Gasteiger partial charge < -0.3 is 0 Å². The molecular weight excluding hydrogens is 378 g/mol. The van der Waals surface area contributed by atoms with E-state index < -0.39 is 0 Å². The summed E-state index contributed by atoms with van der Waals surface area (Å²) < 4.78 is 0. The van der Waals surface area contributed by atoms with Gasteiger partial charge in [-0.25, -0.2) is 0 Å². The number of nitrogens with zero attached hydrogens (tertiary/aromatic N) is 1. The Bertz CT molecular complexity index is 1380. The van der Waals surface area contributed by atoms with Gasteiger partial charge in [-0.15, -0.1) is 0 Å². The van der Waals surface area contributed by atoms with E-state index in [4.69, 9.17) is 0 Å². The minimum absolute atomic E-state index is 0.261. The first-order chi connectivity index (χ1) is 15.3. The van der Waals surface area contributed by atoms with E-state index in [1.54, 1.807) is 6.20 Å². The van der Waals surface area contributed by atoms with Gasteiger partial charge in [0.25, 0.3) is 0 Å². The normalized spacial score (nSPS) is 17.5. The van der Waals surface area contributed by atoms with Gasteiger partial charge in [-0.1, -0.05) is 72.8 Å². The molecule has 2 aliphatic rings. The summed E-state index contributed by atoms with van der Waals surface area (Å²) in [7, 11) is 0. The molecule has 0 saturated heterocycles. The van der Waals surface area contributed by atoms with Crippen molar-refractivity contribution in [3.8, 4) is 11.1 Å². The topological polar surface area (TPSA) is 30.0 Å². The van der Waals surface area contributed by atoms with Gasteiger partial charge >= 0.3 is 0 Å². The number of pyridine rings is 1. The van der Waals surface area contributed by atoms with Crippen molar-refractivity contribution in [1.82, 2.24) is 4.98 Å². The molecule has 1 aromatic heterocycles. The van der Waals surface area contributed by atoms with Gasteiger partial charge in [0.1, 0.15) is 0 Å². The lowest BCUT2D eigenvalue weighted by Gasteiger charge is -2.28. The summed E-state index contributed by atoms with van der Waals surface area (Å²) in [6.07, 6.45) is 9.36. The molecule has 0 saturated carbocycles. The van der Waals surface area contributed by atoms with Gasteiger partial charge in [0.2, 0.25) is 0 Å². The molecule has 1 atom stereocenters. The van der Waals surface area contributed by atoms with E-state index in [1.807, 2.05) is 18.3 Å². The first-order valence-corrected chi connectivity index (χ1v) is 10.7. The number of carbonyl (C=O) groups excluding carboxylic acids is 1. The smallest absolute Gasteiger partial charge is 0.163 e. The predicted molar refractivity (Wildman–Crippen MR) is 126 cm³/mol. The molecule has 0 aliphatic heterocycles. The van der Waals surface area contributed by atoms with E-state index in [0.29, 0.717) is 6.42 Å². The van der Waals surface area contributed by atoms with Crippen LogP contribution in [0.2, 0.25) is 0 Å². The molecule has 2 heteroatoms. The van der Waals surface area contributed by atoms with E-state index >= 15 is 0 Å². The van der Waals surface area contributed by atoms with Crippen molar-refractivity contribution < 1.29 is 4.79 Å². The molecule has 31 heavy (non-hydrogen) atoms. The third-order valence-electron chi connectivity index (χ3n) is 6.56. The van der Waals surface area contributed by atoms with Crippen LogP contribution in [0.5, 0.6) is 0 Å². The fourth-order valence-electron chi connectivity index (χ4n) is 4.97. The van der Waals surface area contributed by atoms with Crippen LogP contribution in [0.3, 0.4) is 0 Å². The van der Waals surface area contributed by atoms with Gasteiger partial charge in [-0.2, -0.15) is 0 Å². The van der Waals surface area contributed by atoms with Gasteiger partial charge in [0, 0.05) is 35.9 Å². The fourth-order valence-corrected chi connectivity index (χ4v) is 4.97. The average Bonchev–Trinajstić information content (AvgIpc) is 2.84. The van der Waals surface area contributed by atoms with Crippen LogP contribution in [0, 0.1) is 0 Å². The van der Waals surface area contributed by atoms with Crippen molar-refractivity contribution in [3.05, 3.63) is 120 Å². The molecule has 0 N–H and O–H groups in total. The Labute approximate surface area is 181 Å². The van der Waals surface area contributed by atoms with Crippen molar-refractivity contribution in [1.29, 1.82) is 0 Å². The zero-order valence-corrected chi connectivity index (χ0v) is 17.1. The van der Waals surface area contributed by atoms with E-state index in [9.17, 15) is 4.79 Å². The van der Waals surface area contributed by atoms with E-state index in [1.165, 1.54) is 21.9 Å². The number of fused-ring (bicyclic) bond motifs is 4. The highest BCUT2D eigenvalue weighted by atomic mass is 16.1. The van der Waals surface area contributed by atoms with Crippen LogP contribution in [0.4, 0.5) is 0 Å². The van der Waals surface area contributed by atoms with Gasteiger partial charge in [0.15, 0.2) is 5.78 Å². The quantitative estimate of drug-likeness (QED) is 0.384. The molecule has 1 unspecified atom stereocenters. The standard InChI is InChI=1S/C29H21NO/c31-29-17-27-24-11-8-20(23-7-4-14-30-18-23)15-22(24)10-13-25(27)26-12-9-21(16-28(26)29)19-5-2-1-3-6-19/h1-15,18,21H,16-17H2. The molecule has 0 spiro atoms. The Hall–Kier alpha value is -3.78. The van der Waals surface area contributed by atoms with Crippen molar-refractivity contribution >= 4 is 22.1 Å². The third kappa shape index (κ3) is 3.03. The Balaban J connectivity index is 1.43. The van der Waals surface area contributed by atoms with Crippen molar-refractivity contribution in [2.75, 3.05) is 0 Å². The van der Waals surface area contributed by atoms with Crippen LogP contribution in [0.25, 0.3) is 27.5 Å². The summed E-state index contributed by atoms with van der Waals surface area (Å²) in [5.41, 5.74) is 7.97. The molecule has 6 rings (SSSR count). The number of allylic oxidation sites excluding steroid dienone is 4. The SMILES string of the molecule is O=C1Cc2c(ccc3cc(-c4cccnc4)ccc23)C2=C1CC(c1ccccc1)C=C2. The second kappa shape index (κ2) is 7.17. The molecule has 148 valence electrons. The van der Waals surface area contributed by atoms with E-state index in [0.717, 1.165) is 34.3 Å². The molecule has 4 aromatic rings. The highest BCUT2D eigenvalue weighted by Crippen LogP contribution is 2.42. The molecule has 3 aromatic carbocycles. The number of aromatic nitrogens is 1. The molecule has 0 bridgehead atoms. The monoisotopic (exact) mass is 399 g/mol. The first-order valence-electron chi connectivity index (χ1n) is 10.7. The first kappa shape index (κ1) is 18.0. The molecular formula is C29H21NO. The number of ketones is 1. The summed E-state index contributed by atoms with van der Waals surface area (Å²) in [5.74, 6) is 0.532. The van der Waals surface area contributed by atoms with Crippen LogP contribution >= 0.6 is 0 Å². The van der Waals surface area contributed by atoms with Gasteiger partial charge in [-0.05, 0) is 57.2 Å². The second-order valence-electron chi connectivity index (χ2n) is 8.34. The highest BCUT2D eigenvalue weighted by molar-refractivity contribution is 6.12. The Morgan fingerprint density at radius 2 is 1.77 bits per heavy atom. The van der Waals surface area contributed by atoms with Crippen molar-refractivity contribution in [2.45, 2.75) is 18.8 Å². The Morgan fingerprint density at radius 1 is 0.871 bits per heavy atom. The molecule has 1 heterocycles. The van der Waals surface area contributed by atoms with Crippen LogP contribution < -0.4 is 0 Å². The third-order valence-corrected chi connectivity index (χ3v) is 6.56. The fraction of sp³-hybridized carbons (Fsp3) is 0.103. The maximum Gasteiger partial charge on any atom is 0.163 e. The number of benzene rings is 3. The molecule has 0 radical (unpaired) electrons. The lowest BCUT2D eigenvalue weighted by molar-refractivity contribution is -0.115. The van der Waals surface area contributed by atoms with Crippen molar-refractivity contribution in [3.63, 3.8) is 0 Å². The lowest BCUT2D eigenvalue weighted by Crippen LogP contribution is -2.19. The van der Waals surface area contributed by atoms with Crippen LogP contribution in [-0.2, 0) is 11.2 Å². The maximum atomic E-state index is 13.2. The van der Waals surface area contributed by atoms with Crippen LogP contribution in [-0.4, -0.2) is 10.8 Å². The second-order valence-corrected chi connectivity index (χ2v) is 8.34. The largest absolute Gasteiger partial charge is 0.294 e. The minimum atomic E-state index is 0.261. The number of hydrogen-bond donors (Lipinski definition) is 0. The van der Waals surface area contributed by atoms with Crippen molar-refractivity contribution in [2.24, 2.45) is 0 Å². The predicted octanol–water partition coefficient (Wildman–Crippen LogP) is 6.52. The minimum Gasteiger partial charge on any atom is -0.294 e. The number of carbonyl (C=O) groups is 1. The summed E-state index contributed by atoms with van der Waals surface area (Å²) in [4.78, 5) is 17.4. The van der Waals surface area contributed by atoms with Crippen LogP contribution in [0.15, 0.2) is 103 Å². The van der Waals surface area contributed by atoms with Gasteiger partial charge in [-0.3, -0.25) is 9.78 Å². The van der Waals surface area contributed by atoms with E-state index in [-0.39, 0.29) is 11.7 Å². The number of Topliss-reactive ketones (excluding diaryl/α,β-unsaturated/α-hetero) is 1. The summed E-state index contributed by atoms with van der Waals surface area (Å²) >= 11 is 0. The molecule has 0 fully saturated rings. The Morgan fingerprint density at radius 3 is 2.61 bits per heavy atom. The van der Waals surface area contributed by atoms with E-state index in [2.05, 4.69) is 77.8 Å². The molecule has 2 aliphatic carbocycles. The summed E-state index contributed by atoms with van der Waals surface area (Å²) in [6, 6.07) is 25.4. The summed E-state index contributed by atoms with van der Waals surface area (Å²) in [6.45, 7) is 0. The average molecular weight is 399 g/mol. The molecule has 2 nitrogen and oxygen atoms in total.